The van der Waals surface area contributed by atoms with Gasteiger partial charge in [0.1, 0.15) is 0 Å². The molecule has 1 aliphatic rings. The lowest BCUT2D eigenvalue weighted by molar-refractivity contribution is 0.0917. The summed E-state index contributed by atoms with van der Waals surface area (Å²) in [5, 5.41) is 0. The maximum atomic E-state index is 12.7. The number of allylic oxidation sites excluding steroid dienone is 2. The van der Waals surface area contributed by atoms with Gasteiger partial charge in [-0.2, -0.15) is 0 Å². The van der Waals surface area contributed by atoms with Crippen LogP contribution in [0.15, 0.2) is 48.2 Å². The van der Waals surface area contributed by atoms with Gasteiger partial charge in [-0.05, 0) is 23.3 Å². The largest absolute Gasteiger partial charge is 0.493 e. The highest BCUT2D eigenvalue weighted by molar-refractivity contribution is 6.26. The van der Waals surface area contributed by atoms with Crippen LogP contribution < -0.4 is 9.47 Å². The topological polar surface area (TPSA) is 61.8 Å². The van der Waals surface area contributed by atoms with Crippen LogP contribution in [0.4, 0.5) is 0 Å². The minimum atomic E-state index is -0.308. The second-order valence-corrected chi connectivity index (χ2v) is 5.20. The van der Waals surface area contributed by atoms with E-state index < -0.39 is 0 Å². The Balaban J connectivity index is 2.21. The van der Waals surface area contributed by atoms with Gasteiger partial charge < -0.3 is 14.2 Å². The summed E-state index contributed by atoms with van der Waals surface area (Å²) in [5.41, 5.74) is 2.11. The number of rotatable bonds is 4. The molecule has 0 fully saturated rings. The van der Waals surface area contributed by atoms with Crippen molar-refractivity contribution in [3.8, 4) is 22.6 Å². The first-order chi connectivity index (χ1) is 11.6. The number of ether oxygens (including phenoxy) is 3. The molecule has 24 heavy (non-hydrogen) atoms. The molecule has 0 unspecified atom stereocenters. The Kier molecular flexibility index (Phi) is 4.08. The fourth-order valence-corrected chi connectivity index (χ4v) is 2.78. The number of hydrogen-bond acceptors (Lipinski definition) is 5. The zero-order chi connectivity index (χ0) is 17.3. The van der Waals surface area contributed by atoms with Crippen LogP contribution in [0.3, 0.4) is 0 Å². The minimum Gasteiger partial charge on any atom is -0.493 e. The molecule has 2 aromatic carbocycles. The zero-order valence-electron chi connectivity index (χ0n) is 13.6. The third kappa shape index (κ3) is 2.44. The maximum absolute atomic E-state index is 12.7. The summed E-state index contributed by atoms with van der Waals surface area (Å²) < 4.78 is 15.6. The molecule has 3 rings (SSSR count). The van der Waals surface area contributed by atoms with Gasteiger partial charge in [0.05, 0.1) is 21.3 Å². The van der Waals surface area contributed by atoms with Crippen LogP contribution >= 0.6 is 0 Å². The maximum Gasteiger partial charge on any atom is 0.229 e. The fourth-order valence-electron chi connectivity index (χ4n) is 2.78. The number of Topliss-reactive ketones (excluding diaryl/α,β-unsaturated/α-hetero) is 1. The number of fused-ring (bicyclic) bond motifs is 1. The van der Waals surface area contributed by atoms with E-state index in [0.29, 0.717) is 28.2 Å². The van der Waals surface area contributed by atoms with Crippen molar-refractivity contribution in [1.29, 1.82) is 0 Å². The van der Waals surface area contributed by atoms with E-state index in [2.05, 4.69) is 0 Å². The van der Waals surface area contributed by atoms with Gasteiger partial charge in [0.2, 0.25) is 5.78 Å². The molecule has 0 saturated heterocycles. The van der Waals surface area contributed by atoms with Crippen LogP contribution in [0.25, 0.3) is 11.1 Å². The van der Waals surface area contributed by atoms with Gasteiger partial charge in [-0.3, -0.25) is 9.59 Å². The number of carbonyl (C=O) groups excluding carboxylic acids is 2. The Bertz CT molecular complexity index is 864. The predicted octanol–water partition coefficient (Wildman–Crippen LogP) is 3.28. The van der Waals surface area contributed by atoms with E-state index >= 15 is 0 Å². The molecule has 0 spiro atoms. The van der Waals surface area contributed by atoms with Crippen molar-refractivity contribution in [2.45, 2.75) is 0 Å². The second-order valence-electron chi connectivity index (χ2n) is 5.20. The van der Waals surface area contributed by atoms with E-state index in [4.69, 9.17) is 14.2 Å². The fraction of sp³-hybridized carbons (Fsp3) is 0.158. The normalized spacial score (nSPS) is 13.2. The lowest BCUT2D eigenvalue weighted by atomic mass is 9.87. The first-order valence-corrected chi connectivity index (χ1v) is 7.30. The summed E-state index contributed by atoms with van der Waals surface area (Å²) in [6.07, 6.45) is 1.23. The molecular formula is C19H16O5. The highest BCUT2D eigenvalue weighted by Crippen LogP contribution is 2.36. The standard InChI is InChI=1S/C19H16O5/c1-22-15-8-7-11(9-16(15)23-2)12-5-4-6-13-14(20)10-17(24-3)19(21)18(12)13/h4-10H,1-3H3. The Morgan fingerprint density at radius 2 is 1.50 bits per heavy atom. The van der Waals surface area contributed by atoms with Gasteiger partial charge in [-0.25, -0.2) is 0 Å². The summed E-state index contributed by atoms with van der Waals surface area (Å²) in [5.74, 6) is 0.623. The average molecular weight is 324 g/mol. The molecule has 0 N–H and O–H groups in total. The molecule has 0 radical (unpaired) electrons. The highest BCUT2D eigenvalue weighted by Gasteiger charge is 2.29. The summed E-state index contributed by atoms with van der Waals surface area (Å²) in [7, 11) is 4.48. The molecule has 5 heteroatoms. The van der Waals surface area contributed by atoms with Crippen molar-refractivity contribution >= 4 is 11.6 Å². The van der Waals surface area contributed by atoms with E-state index in [1.54, 1.807) is 44.6 Å². The average Bonchev–Trinajstić information content (AvgIpc) is 2.63. The van der Waals surface area contributed by atoms with Gasteiger partial charge in [-0.15, -0.1) is 0 Å². The van der Waals surface area contributed by atoms with E-state index in [-0.39, 0.29) is 17.3 Å². The number of carbonyl (C=O) groups is 2. The van der Waals surface area contributed by atoms with Crippen LogP contribution in [0.2, 0.25) is 0 Å². The van der Waals surface area contributed by atoms with Crippen LogP contribution in [0, 0.1) is 0 Å². The molecule has 0 saturated carbocycles. The highest BCUT2D eigenvalue weighted by atomic mass is 16.5. The molecule has 0 bridgehead atoms. The first kappa shape index (κ1) is 15.8. The van der Waals surface area contributed by atoms with Crippen LogP contribution in [-0.4, -0.2) is 32.9 Å². The third-order valence-electron chi connectivity index (χ3n) is 3.96. The minimum absolute atomic E-state index is 0.0421. The molecule has 122 valence electrons. The smallest absolute Gasteiger partial charge is 0.229 e. The van der Waals surface area contributed by atoms with Crippen molar-refractivity contribution in [2.75, 3.05) is 21.3 Å². The molecular weight excluding hydrogens is 308 g/mol. The molecule has 0 heterocycles. The van der Waals surface area contributed by atoms with E-state index in [0.717, 1.165) is 5.56 Å². The Labute approximate surface area is 139 Å². The Morgan fingerprint density at radius 3 is 2.17 bits per heavy atom. The molecule has 0 atom stereocenters. The first-order valence-electron chi connectivity index (χ1n) is 7.30. The molecule has 2 aromatic rings. The number of hydrogen-bond donors (Lipinski definition) is 0. The SMILES string of the molecule is COC1=CC(=O)c2cccc(-c3ccc(OC)c(OC)c3)c2C1=O. The molecule has 0 aliphatic heterocycles. The third-order valence-corrected chi connectivity index (χ3v) is 3.96. The Hall–Kier alpha value is -3.08. The number of ketones is 2. The van der Waals surface area contributed by atoms with E-state index in [9.17, 15) is 9.59 Å². The van der Waals surface area contributed by atoms with Gasteiger partial charge in [0, 0.05) is 17.2 Å². The Morgan fingerprint density at radius 1 is 0.792 bits per heavy atom. The zero-order valence-corrected chi connectivity index (χ0v) is 13.6. The summed E-state index contributed by atoms with van der Waals surface area (Å²) in [4.78, 5) is 24.9. The van der Waals surface area contributed by atoms with Crippen LogP contribution in [0.1, 0.15) is 20.7 Å². The lowest BCUT2D eigenvalue weighted by Gasteiger charge is -2.18. The van der Waals surface area contributed by atoms with Crippen molar-refractivity contribution in [3.63, 3.8) is 0 Å². The molecule has 0 amide bonds. The van der Waals surface area contributed by atoms with Crippen molar-refractivity contribution in [3.05, 3.63) is 59.4 Å². The van der Waals surface area contributed by atoms with Gasteiger partial charge in [0.15, 0.2) is 23.0 Å². The molecule has 5 nitrogen and oxygen atoms in total. The number of benzene rings is 2. The monoisotopic (exact) mass is 324 g/mol. The van der Waals surface area contributed by atoms with Crippen molar-refractivity contribution in [2.24, 2.45) is 0 Å². The second kappa shape index (κ2) is 6.20. The van der Waals surface area contributed by atoms with Gasteiger partial charge in [0.25, 0.3) is 0 Å². The van der Waals surface area contributed by atoms with E-state index in [1.165, 1.54) is 13.2 Å². The summed E-state index contributed by atoms with van der Waals surface area (Å²) in [6.45, 7) is 0. The van der Waals surface area contributed by atoms with Crippen molar-refractivity contribution in [1.82, 2.24) is 0 Å². The summed E-state index contributed by atoms with van der Waals surface area (Å²) >= 11 is 0. The van der Waals surface area contributed by atoms with E-state index in [1.807, 2.05) is 6.07 Å². The van der Waals surface area contributed by atoms with Gasteiger partial charge in [-0.1, -0.05) is 24.3 Å². The quantitative estimate of drug-likeness (QED) is 0.863. The lowest BCUT2D eigenvalue weighted by Crippen LogP contribution is -2.19. The molecule has 0 aromatic heterocycles. The van der Waals surface area contributed by atoms with Crippen LogP contribution in [-0.2, 0) is 4.74 Å². The molecule has 1 aliphatic carbocycles. The van der Waals surface area contributed by atoms with Crippen molar-refractivity contribution < 1.29 is 23.8 Å². The van der Waals surface area contributed by atoms with Gasteiger partial charge >= 0.3 is 0 Å². The summed E-state index contributed by atoms with van der Waals surface area (Å²) in [6, 6.07) is 10.5. The number of methoxy groups -OCH3 is 3. The predicted molar refractivity (Wildman–Crippen MR) is 88.7 cm³/mol. The van der Waals surface area contributed by atoms with Crippen LogP contribution in [0.5, 0.6) is 11.5 Å².